The smallest absolute Gasteiger partial charge is 0.303 e. The summed E-state index contributed by atoms with van der Waals surface area (Å²) in [5, 5.41) is 9.22. The number of hydrogen-bond donors (Lipinski definition) is 1. The first-order valence-corrected chi connectivity index (χ1v) is 6.22. The van der Waals surface area contributed by atoms with Crippen LogP contribution in [0.4, 0.5) is 0 Å². The number of carbonyl (C=O) groups is 1. The van der Waals surface area contributed by atoms with Gasteiger partial charge in [0, 0.05) is 25.6 Å². The SMILES string of the molecule is CCc1nc2cc(Cl)cnc2n1CCCC(=O)O. The molecule has 0 amide bonds. The van der Waals surface area contributed by atoms with Crippen LogP contribution in [0.15, 0.2) is 12.3 Å². The molecule has 0 saturated heterocycles. The van der Waals surface area contributed by atoms with E-state index in [4.69, 9.17) is 16.7 Å². The predicted molar refractivity (Wildman–Crippen MR) is 68.8 cm³/mol. The highest BCUT2D eigenvalue weighted by Crippen LogP contribution is 2.19. The van der Waals surface area contributed by atoms with Crippen molar-refractivity contribution >= 4 is 28.7 Å². The zero-order valence-electron chi connectivity index (χ0n) is 10.1. The number of halogens is 1. The predicted octanol–water partition coefficient (Wildman–Crippen LogP) is 2.51. The number of carboxylic acids is 1. The quantitative estimate of drug-likeness (QED) is 0.904. The summed E-state index contributed by atoms with van der Waals surface area (Å²) in [5.74, 6) is 0.124. The maximum atomic E-state index is 10.5. The number of carboxylic acid groups (broad SMARTS) is 1. The van der Waals surface area contributed by atoms with E-state index >= 15 is 0 Å². The van der Waals surface area contributed by atoms with Crippen LogP contribution in [0.5, 0.6) is 0 Å². The number of aryl methyl sites for hydroxylation is 2. The molecule has 0 fully saturated rings. The summed E-state index contributed by atoms with van der Waals surface area (Å²) >= 11 is 5.88. The van der Waals surface area contributed by atoms with E-state index in [9.17, 15) is 4.79 Å². The van der Waals surface area contributed by atoms with Crippen molar-refractivity contribution in [2.75, 3.05) is 0 Å². The fourth-order valence-corrected chi connectivity index (χ4v) is 2.08. The Bertz CT molecular complexity index is 580. The van der Waals surface area contributed by atoms with Crippen LogP contribution in [0.1, 0.15) is 25.6 Å². The molecule has 0 aliphatic heterocycles. The summed E-state index contributed by atoms with van der Waals surface area (Å²) in [6, 6.07) is 1.77. The zero-order chi connectivity index (χ0) is 13.1. The highest BCUT2D eigenvalue weighted by molar-refractivity contribution is 6.31. The zero-order valence-corrected chi connectivity index (χ0v) is 10.8. The van der Waals surface area contributed by atoms with Crippen molar-refractivity contribution in [3.8, 4) is 0 Å². The van der Waals surface area contributed by atoms with Gasteiger partial charge < -0.3 is 9.67 Å². The molecular formula is C12H14ClN3O2. The average Bonchev–Trinajstić information content (AvgIpc) is 2.66. The van der Waals surface area contributed by atoms with Gasteiger partial charge in [-0.25, -0.2) is 9.97 Å². The maximum absolute atomic E-state index is 10.5. The Morgan fingerprint density at radius 3 is 3.00 bits per heavy atom. The highest BCUT2D eigenvalue weighted by Gasteiger charge is 2.11. The van der Waals surface area contributed by atoms with Crippen molar-refractivity contribution < 1.29 is 9.90 Å². The minimum absolute atomic E-state index is 0.149. The van der Waals surface area contributed by atoms with Gasteiger partial charge in [-0.15, -0.1) is 0 Å². The summed E-state index contributed by atoms with van der Waals surface area (Å²) < 4.78 is 1.97. The molecule has 1 N–H and O–H groups in total. The summed E-state index contributed by atoms with van der Waals surface area (Å²) in [6.45, 7) is 2.62. The Labute approximate surface area is 109 Å². The van der Waals surface area contributed by atoms with Gasteiger partial charge >= 0.3 is 5.97 Å². The third-order valence-electron chi connectivity index (χ3n) is 2.72. The molecule has 0 aliphatic carbocycles. The third kappa shape index (κ3) is 2.61. The van der Waals surface area contributed by atoms with Gasteiger partial charge in [0.1, 0.15) is 11.3 Å². The summed E-state index contributed by atoms with van der Waals surface area (Å²) in [4.78, 5) is 19.3. The molecule has 5 nitrogen and oxygen atoms in total. The number of nitrogens with zero attached hydrogens (tertiary/aromatic N) is 3. The first-order valence-electron chi connectivity index (χ1n) is 5.84. The summed E-state index contributed by atoms with van der Waals surface area (Å²) in [7, 11) is 0. The Hall–Kier alpha value is -1.62. The van der Waals surface area contributed by atoms with E-state index in [1.807, 2.05) is 11.5 Å². The number of fused-ring (bicyclic) bond motifs is 1. The van der Waals surface area contributed by atoms with E-state index in [0.717, 1.165) is 23.4 Å². The lowest BCUT2D eigenvalue weighted by Crippen LogP contribution is -2.06. The van der Waals surface area contributed by atoms with Gasteiger partial charge in [0.15, 0.2) is 5.65 Å². The van der Waals surface area contributed by atoms with Crippen molar-refractivity contribution in [3.05, 3.63) is 23.1 Å². The number of aromatic nitrogens is 3. The number of hydrogen-bond acceptors (Lipinski definition) is 3. The van der Waals surface area contributed by atoms with Gasteiger partial charge in [0.2, 0.25) is 0 Å². The largest absolute Gasteiger partial charge is 0.481 e. The molecule has 0 spiro atoms. The lowest BCUT2D eigenvalue weighted by atomic mass is 10.3. The first-order chi connectivity index (χ1) is 8.61. The molecule has 6 heteroatoms. The van der Waals surface area contributed by atoms with E-state index in [1.54, 1.807) is 12.3 Å². The topological polar surface area (TPSA) is 68.0 Å². The number of imidazole rings is 1. The van der Waals surface area contributed by atoms with Crippen molar-refractivity contribution in [1.29, 1.82) is 0 Å². The van der Waals surface area contributed by atoms with Gasteiger partial charge in [-0.2, -0.15) is 0 Å². The van der Waals surface area contributed by atoms with Gasteiger partial charge in [-0.05, 0) is 12.5 Å². The standard InChI is InChI=1S/C12H14ClN3O2/c1-2-10-15-9-6-8(13)7-14-12(9)16(10)5-3-4-11(17)18/h6-7H,2-5H2,1H3,(H,17,18). The lowest BCUT2D eigenvalue weighted by molar-refractivity contribution is -0.137. The second-order valence-corrected chi connectivity index (χ2v) is 4.46. The number of rotatable bonds is 5. The number of aliphatic carboxylic acids is 1. The maximum Gasteiger partial charge on any atom is 0.303 e. The van der Waals surface area contributed by atoms with Crippen LogP contribution in [0, 0.1) is 0 Å². The average molecular weight is 268 g/mol. The molecule has 0 saturated carbocycles. The van der Waals surface area contributed by atoms with E-state index in [1.165, 1.54) is 0 Å². The molecule has 2 heterocycles. The van der Waals surface area contributed by atoms with Crippen LogP contribution in [0.3, 0.4) is 0 Å². The van der Waals surface area contributed by atoms with Crippen LogP contribution in [0.2, 0.25) is 5.02 Å². The molecule has 2 rings (SSSR count). The van der Waals surface area contributed by atoms with Gasteiger partial charge in [0.25, 0.3) is 0 Å². The van der Waals surface area contributed by atoms with E-state index in [-0.39, 0.29) is 6.42 Å². The second kappa shape index (κ2) is 5.35. The molecule has 96 valence electrons. The van der Waals surface area contributed by atoms with Gasteiger partial charge in [-0.3, -0.25) is 4.79 Å². The monoisotopic (exact) mass is 267 g/mol. The normalized spacial score (nSPS) is 11.0. The van der Waals surface area contributed by atoms with Gasteiger partial charge in [0.05, 0.1) is 5.02 Å². The van der Waals surface area contributed by atoms with Crippen molar-refractivity contribution in [2.24, 2.45) is 0 Å². The Kier molecular flexibility index (Phi) is 3.81. The summed E-state index contributed by atoms with van der Waals surface area (Å²) in [6.07, 6.45) is 3.08. The van der Waals surface area contributed by atoms with Crippen LogP contribution < -0.4 is 0 Å². The van der Waals surface area contributed by atoms with Gasteiger partial charge in [-0.1, -0.05) is 18.5 Å². The molecule has 2 aromatic rings. The molecule has 0 aromatic carbocycles. The molecule has 0 atom stereocenters. The lowest BCUT2D eigenvalue weighted by Gasteiger charge is -2.05. The molecule has 0 bridgehead atoms. The fraction of sp³-hybridized carbons (Fsp3) is 0.417. The van der Waals surface area contributed by atoms with Crippen LogP contribution >= 0.6 is 11.6 Å². The molecule has 0 radical (unpaired) electrons. The fourth-order valence-electron chi connectivity index (χ4n) is 1.93. The molecule has 0 aliphatic rings. The van der Waals surface area contributed by atoms with E-state index < -0.39 is 5.97 Å². The van der Waals surface area contributed by atoms with Crippen LogP contribution in [-0.2, 0) is 17.8 Å². The molecule has 0 unspecified atom stereocenters. The van der Waals surface area contributed by atoms with E-state index in [0.29, 0.717) is 18.0 Å². The minimum atomic E-state index is -0.784. The first kappa shape index (κ1) is 12.8. The molecule has 2 aromatic heterocycles. The van der Waals surface area contributed by atoms with Crippen molar-refractivity contribution in [1.82, 2.24) is 14.5 Å². The second-order valence-electron chi connectivity index (χ2n) is 4.03. The third-order valence-corrected chi connectivity index (χ3v) is 2.93. The highest BCUT2D eigenvalue weighted by atomic mass is 35.5. The number of pyridine rings is 1. The van der Waals surface area contributed by atoms with Crippen LogP contribution in [0.25, 0.3) is 11.2 Å². The molecular weight excluding hydrogens is 254 g/mol. The van der Waals surface area contributed by atoms with E-state index in [2.05, 4.69) is 9.97 Å². The Morgan fingerprint density at radius 2 is 2.33 bits per heavy atom. The summed E-state index contributed by atoms with van der Waals surface area (Å²) in [5.41, 5.74) is 1.52. The Morgan fingerprint density at radius 1 is 1.56 bits per heavy atom. The Balaban J connectivity index is 2.31. The minimum Gasteiger partial charge on any atom is -0.481 e. The van der Waals surface area contributed by atoms with Crippen molar-refractivity contribution in [2.45, 2.75) is 32.7 Å². The van der Waals surface area contributed by atoms with Crippen molar-refractivity contribution in [3.63, 3.8) is 0 Å². The van der Waals surface area contributed by atoms with Crippen LogP contribution in [-0.4, -0.2) is 25.6 Å². The molecule has 18 heavy (non-hydrogen) atoms.